The molecule has 3 nitrogen and oxygen atoms in total. The Morgan fingerprint density at radius 2 is 1.93 bits per heavy atom. The Morgan fingerprint density at radius 1 is 1.27 bits per heavy atom. The second kappa shape index (κ2) is 5.75. The van der Waals surface area contributed by atoms with E-state index in [9.17, 15) is 9.59 Å². The van der Waals surface area contributed by atoms with Crippen LogP contribution in [0.3, 0.4) is 0 Å². The third-order valence-corrected chi connectivity index (χ3v) is 1.77. The van der Waals surface area contributed by atoms with E-state index in [1.54, 1.807) is 6.08 Å². The van der Waals surface area contributed by atoms with E-state index in [-0.39, 0.29) is 18.2 Å². The van der Waals surface area contributed by atoms with Gasteiger partial charge in [0.15, 0.2) is 5.78 Å². The van der Waals surface area contributed by atoms with E-state index in [1.165, 1.54) is 13.0 Å². The van der Waals surface area contributed by atoms with Crippen molar-refractivity contribution < 1.29 is 9.59 Å². The Balaban J connectivity index is 2.44. The molecule has 0 saturated carbocycles. The zero-order valence-electron chi connectivity index (χ0n) is 8.57. The van der Waals surface area contributed by atoms with Crippen molar-refractivity contribution in [3.05, 3.63) is 42.0 Å². The summed E-state index contributed by atoms with van der Waals surface area (Å²) < 4.78 is 0. The first-order chi connectivity index (χ1) is 7.18. The summed E-state index contributed by atoms with van der Waals surface area (Å²) in [6.45, 7) is 1.44. The summed E-state index contributed by atoms with van der Waals surface area (Å²) in [6.07, 6.45) is 3.19. The predicted octanol–water partition coefficient (Wildman–Crippen LogP) is 1.41. The van der Waals surface area contributed by atoms with Gasteiger partial charge in [0.1, 0.15) is 0 Å². The number of carbonyl (C=O) groups is 2. The Morgan fingerprint density at radius 3 is 2.53 bits per heavy atom. The van der Waals surface area contributed by atoms with Crippen LogP contribution in [0.2, 0.25) is 0 Å². The van der Waals surface area contributed by atoms with E-state index >= 15 is 0 Å². The summed E-state index contributed by atoms with van der Waals surface area (Å²) in [5, 5.41) is 2.44. The summed E-state index contributed by atoms with van der Waals surface area (Å²) in [6, 6.07) is 9.52. The first-order valence-corrected chi connectivity index (χ1v) is 4.69. The lowest BCUT2D eigenvalue weighted by Crippen LogP contribution is -2.25. The van der Waals surface area contributed by atoms with Crippen LogP contribution in [-0.2, 0) is 9.59 Å². The van der Waals surface area contributed by atoms with Gasteiger partial charge in [-0.25, -0.2) is 0 Å². The maximum atomic E-state index is 11.2. The number of nitrogens with one attached hydrogen (secondary N) is 1. The first kappa shape index (κ1) is 11.2. The van der Waals surface area contributed by atoms with Gasteiger partial charge < -0.3 is 5.32 Å². The Hall–Kier alpha value is -1.90. The Bertz CT molecular complexity index is 368. The lowest BCUT2D eigenvalue weighted by molar-refractivity contribution is -0.122. The molecule has 0 fully saturated rings. The third-order valence-electron chi connectivity index (χ3n) is 1.77. The van der Waals surface area contributed by atoms with Gasteiger partial charge in [0.25, 0.3) is 0 Å². The molecule has 15 heavy (non-hydrogen) atoms. The van der Waals surface area contributed by atoms with Crippen molar-refractivity contribution in [1.82, 2.24) is 5.32 Å². The average molecular weight is 203 g/mol. The minimum Gasteiger partial charge on any atom is -0.349 e. The zero-order valence-corrected chi connectivity index (χ0v) is 8.57. The molecule has 0 aromatic heterocycles. The fourth-order valence-corrected chi connectivity index (χ4v) is 1.02. The van der Waals surface area contributed by atoms with Crippen LogP contribution in [0.1, 0.15) is 12.5 Å². The molecule has 78 valence electrons. The first-order valence-electron chi connectivity index (χ1n) is 4.69. The quantitative estimate of drug-likeness (QED) is 0.752. The van der Waals surface area contributed by atoms with Crippen molar-refractivity contribution in [3.63, 3.8) is 0 Å². The predicted molar refractivity (Wildman–Crippen MR) is 59.2 cm³/mol. The van der Waals surface area contributed by atoms with Crippen LogP contribution in [0.25, 0.3) is 6.08 Å². The topological polar surface area (TPSA) is 46.2 Å². The molecule has 1 amide bonds. The highest BCUT2D eigenvalue weighted by molar-refractivity contribution is 5.96. The van der Waals surface area contributed by atoms with Crippen molar-refractivity contribution in [2.24, 2.45) is 0 Å². The van der Waals surface area contributed by atoms with E-state index in [2.05, 4.69) is 5.32 Å². The number of hydrogen-bond acceptors (Lipinski definition) is 2. The number of ketones is 1. The van der Waals surface area contributed by atoms with Crippen LogP contribution >= 0.6 is 0 Å². The standard InChI is InChI=1S/C12H13NO2/c1-10(14)13-9-12(15)8-7-11-5-3-2-4-6-11/h2-8H,9H2,1H3,(H,13,14)/b8-7+. The van der Waals surface area contributed by atoms with Gasteiger partial charge in [0.05, 0.1) is 6.54 Å². The van der Waals surface area contributed by atoms with Gasteiger partial charge in [-0.1, -0.05) is 36.4 Å². The second-order valence-corrected chi connectivity index (χ2v) is 3.12. The lowest BCUT2D eigenvalue weighted by atomic mass is 10.2. The van der Waals surface area contributed by atoms with Crippen molar-refractivity contribution in [2.75, 3.05) is 6.54 Å². The van der Waals surface area contributed by atoms with Crippen LogP contribution in [0.15, 0.2) is 36.4 Å². The molecule has 3 heteroatoms. The molecule has 0 spiro atoms. The van der Waals surface area contributed by atoms with Crippen molar-refractivity contribution in [3.8, 4) is 0 Å². The maximum Gasteiger partial charge on any atom is 0.217 e. The molecule has 0 bridgehead atoms. The SMILES string of the molecule is CC(=O)NCC(=O)/C=C/c1ccccc1. The van der Waals surface area contributed by atoms with Crippen molar-refractivity contribution in [2.45, 2.75) is 6.92 Å². The van der Waals surface area contributed by atoms with E-state index in [1.807, 2.05) is 30.3 Å². The van der Waals surface area contributed by atoms with Crippen LogP contribution in [-0.4, -0.2) is 18.2 Å². The molecule has 0 aliphatic rings. The second-order valence-electron chi connectivity index (χ2n) is 3.12. The minimum absolute atomic E-state index is 0.0542. The zero-order chi connectivity index (χ0) is 11.1. The molecular weight excluding hydrogens is 190 g/mol. The van der Waals surface area contributed by atoms with E-state index in [0.29, 0.717) is 0 Å². The summed E-state index contributed by atoms with van der Waals surface area (Å²) in [5.41, 5.74) is 0.966. The fraction of sp³-hybridized carbons (Fsp3) is 0.167. The number of carbonyl (C=O) groups excluding carboxylic acids is 2. The van der Waals surface area contributed by atoms with Gasteiger partial charge in [-0.05, 0) is 11.6 Å². The van der Waals surface area contributed by atoms with Crippen molar-refractivity contribution >= 4 is 17.8 Å². The van der Waals surface area contributed by atoms with Crippen LogP contribution in [0.4, 0.5) is 0 Å². The van der Waals surface area contributed by atoms with E-state index < -0.39 is 0 Å². The fourth-order valence-electron chi connectivity index (χ4n) is 1.02. The summed E-state index contributed by atoms with van der Waals surface area (Å²) in [7, 11) is 0. The maximum absolute atomic E-state index is 11.2. The molecule has 0 unspecified atom stereocenters. The Kier molecular flexibility index (Phi) is 4.29. The molecule has 1 aromatic rings. The Labute approximate surface area is 88.8 Å². The smallest absolute Gasteiger partial charge is 0.217 e. The van der Waals surface area contributed by atoms with Gasteiger partial charge >= 0.3 is 0 Å². The van der Waals surface area contributed by atoms with Gasteiger partial charge in [0.2, 0.25) is 5.91 Å². The average Bonchev–Trinajstić information content (AvgIpc) is 2.25. The summed E-state index contributed by atoms with van der Waals surface area (Å²) in [5.74, 6) is -0.314. The number of hydrogen-bond donors (Lipinski definition) is 1. The number of rotatable bonds is 4. The highest BCUT2D eigenvalue weighted by atomic mass is 16.2. The third kappa shape index (κ3) is 4.76. The number of amides is 1. The van der Waals surface area contributed by atoms with Gasteiger partial charge in [-0.3, -0.25) is 9.59 Å². The molecule has 1 N–H and O–H groups in total. The molecular formula is C12H13NO2. The molecule has 1 aromatic carbocycles. The minimum atomic E-state index is -0.198. The molecule has 0 atom stereocenters. The van der Waals surface area contributed by atoms with E-state index in [4.69, 9.17) is 0 Å². The molecule has 0 aliphatic carbocycles. The highest BCUT2D eigenvalue weighted by Gasteiger charge is 1.96. The largest absolute Gasteiger partial charge is 0.349 e. The molecule has 0 heterocycles. The van der Waals surface area contributed by atoms with Gasteiger partial charge in [-0.15, -0.1) is 0 Å². The summed E-state index contributed by atoms with van der Waals surface area (Å²) >= 11 is 0. The molecule has 0 aliphatic heterocycles. The van der Waals surface area contributed by atoms with Crippen LogP contribution in [0, 0.1) is 0 Å². The molecule has 0 radical (unpaired) electrons. The van der Waals surface area contributed by atoms with Gasteiger partial charge in [0, 0.05) is 6.92 Å². The highest BCUT2D eigenvalue weighted by Crippen LogP contribution is 2.00. The lowest BCUT2D eigenvalue weighted by Gasteiger charge is -1.96. The van der Waals surface area contributed by atoms with Crippen molar-refractivity contribution in [1.29, 1.82) is 0 Å². The monoisotopic (exact) mass is 203 g/mol. The van der Waals surface area contributed by atoms with Gasteiger partial charge in [-0.2, -0.15) is 0 Å². The summed E-state index contributed by atoms with van der Waals surface area (Å²) in [4.78, 5) is 21.8. The molecule has 0 saturated heterocycles. The van der Waals surface area contributed by atoms with E-state index in [0.717, 1.165) is 5.56 Å². The normalized spacial score (nSPS) is 10.2. The molecule has 1 rings (SSSR count). The van der Waals surface area contributed by atoms with Crippen LogP contribution < -0.4 is 5.32 Å². The number of benzene rings is 1. The van der Waals surface area contributed by atoms with Crippen LogP contribution in [0.5, 0.6) is 0 Å².